The van der Waals surface area contributed by atoms with E-state index in [-0.39, 0.29) is 0 Å². The highest BCUT2D eigenvalue weighted by atomic mass is 32.8. The standard InChI is InChI=1S/C10H18N2O2S2/c1-14-16(13,15)7-5-3-2-4-6-10-8-11-12-9-10/h8-9H,2-7H2,1H3,(H,11,12). The highest BCUT2D eigenvalue weighted by molar-refractivity contribution is 8.30. The molecule has 0 aliphatic rings. The fraction of sp³-hybridized carbons (Fsp3) is 0.700. The van der Waals surface area contributed by atoms with Crippen LogP contribution >= 0.6 is 0 Å². The summed E-state index contributed by atoms with van der Waals surface area (Å²) in [6.45, 7) is 0. The van der Waals surface area contributed by atoms with E-state index in [2.05, 4.69) is 10.2 Å². The highest BCUT2D eigenvalue weighted by Gasteiger charge is 2.03. The third-order valence-corrected chi connectivity index (χ3v) is 4.62. The second-order valence-corrected chi connectivity index (χ2v) is 7.08. The number of rotatable bonds is 8. The first-order chi connectivity index (χ1) is 7.64. The summed E-state index contributed by atoms with van der Waals surface area (Å²) in [7, 11) is -1.02. The maximum absolute atomic E-state index is 11.4. The van der Waals surface area contributed by atoms with Crippen molar-refractivity contribution in [3.8, 4) is 0 Å². The Labute approximate surface area is 102 Å². The molecule has 4 nitrogen and oxygen atoms in total. The van der Waals surface area contributed by atoms with Crippen molar-refractivity contribution in [1.82, 2.24) is 10.2 Å². The van der Waals surface area contributed by atoms with E-state index in [9.17, 15) is 4.21 Å². The van der Waals surface area contributed by atoms with E-state index in [1.165, 1.54) is 12.7 Å². The van der Waals surface area contributed by atoms with Crippen LogP contribution < -0.4 is 0 Å². The molecule has 1 unspecified atom stereocenters. The predicted molar refractivity (Wildman–Crippen MR) is 68.1 cm³/mol. The van der Waals surface area contributed by atoms with Gasteiger partial charge in [0, 0.05) is 17.4 Å². The van der Waals surface area contributed by atoms with Gasteiger partial charge < -0.3 is 0 Å². The maximum atomic E-state index is 11.4. The fourth-order valence-corrected chi connectivity index (χ4v) is 2.54. The van der Waals surface area contributed by atoms with Crippen LogP contribution in [0.3, 0.4) is 0 Å². The quantitative estimate of drug-likeness (QED) is 0.726. The smallest absolute Gasteiger partial charge is 0.143 e. The molecule has 0 bridgehead atoms. The molecule has 1 heterocycles. The molecule has 1 aromatic heterocycles. The van der Waals surface area contributed by atoms with Gasteiger partial charge in [0.1, 0.15) is 8.77 Å². The Morgan fingerprint density at radius 3 is 2.81 bits per heavy atom. The molecule has 1 atom stereocenters. The van der Waals surface area contributed by atoms with Gasteiger partial charge in [-0.25, -0.2) is 4.21 Å². The van der Waals surface area contributed by atoms with Gasteiger partial charge in [-0.05, 0) is 24.8 Å². The zero-order valence-electron chi connectivity index (χ0n) is 9.48. The van der Waals surface area contributed by atoms with Crippen LogP contribution in [0.2, 0.25) is 0 Å². The van der Waals surface area contributed by atoms with Crippen LogP contribution in [0.5, 0.6) is 0 Å². The molecule has 0 saturated heterocycles. The minimum Gasteiger partial charge on any atom is -0.293 e. The van der Waals surface area contributed by atoms with Gasteiger partial charge in [0.15, 0.2) is 0 Å². The van der Waals surface area contributed by atoms with Gasteiger partial charge in [-0.15, -0.1) is 0 Å². The first-order valence-corrected chi connectivity index (χ1v) is 7.98. The lowest BCUT2D eigenvalue weighted by Gasteiger charge is -2.03. The van der Waals surface area contributed by atoms with Crippen LogP contribution in [-0.4, -0.2) is 27.3 Å². The molecule has 0 aromatic carbocycles. The molecule has 1 N–H and O–H groups in total. The Morgan fingerprint density at radius 1 is 1.44 bits per heavy atom. The summed E-state index contributed by atoms with van der Waals surface area (Å²) in [5.74, 6) is 0.491. The summed E-state index contributed by atoms with van der Waals surface area (Å²) in [6, 6.07) is 0. The first-order valence-electron chi connectivity index (χ1n) is 5.40. The lowest BCUT2D eigenvalue weighted by atomic mass is 10.1. The number of nitrogens with one attached hydrogen (secondary N) is 1. The molecule has 92 valence electrons. The number of unbranched alkanes of at least 4 members (excludes halogenated alkanes) is 3. The summed E-state index contributed by atoms with van der Waals surface area (Å²) in [6.07, 6.45) is 8.99. The van der Waals surface area contributed by atoms with Crippen LogP contribution in [-0.2, 0) is 30.6 Å². The lowest BCUT2D eigenvalue weighted by molar-refractivity contribution is 0.441. The van der Waals surface area contributed by atoms with E-state index in [0.717, 1.165) is 32.1 Å². The predicted octanol–water partition coefficient (Wildman–Crippen LogP) is 1.82. The van der Waals surface area contributed by atoms with Gasteiger partial charge in [0.05, 0.1) is 19.1 Å². The van der Waals surface area contributed by atoms with Crippen LogP contribution in [0.1, 0.15) is 31.2 Å². The topological polar surface area (TPSA) is 55.0 Å². The zero-order chi connectivity index (χ0) is 11.9. The summed E-state index contributed by atoms with van der Waals surface area (Å²) in [5, 5.41) is 6.68. The fourth-order valence-electron chi connectivity index (χ4n) is 1.46. The van der Waals surface area contributed by atoms with Crippen LogP contribution in [0.4, 0.5) is 0 Å². The Bertz CT molecular complexity index is 374. The second-order valence-electron chi connectivity index (χ2n) is 3.70. The largest absolute Gasteiger partial charge is 0.293 e. The second kappa shape index (κ2) is 6.98. The molecule has 0 saturated carbocycles. The van der Waals surface area contributed by atoms with Gasteiger partial charge in [0.2, 0.25) is 0 Å². The molecule has 1 rings (SSSR count). The molecule has 6 heteroatoms. The number of hydrogen-bond donors (Lipinski definition) is 1. The third kappa shape index (κ3) is 5.58. The Morgan fingerprint density at radius 2 is 2.19 bits per heavy atom. The van der Waals surface area contributed by atoms with Crippen molar-refractivity contribution in [2.24, 2.45) is 0 Å². The molecule has 0 spiro atoms. The van der Waals surface area contributed by atoms with Crippen molar-refractivity contribution in [3.05, 3.63) is 18.0 Å². The van der Waals surface area contributed by atoms with Crippen molar-refractivity contribution in [1.29, 1.82) is 0 Å². The number of hydrogen-bond acceptors (Lipinski definition) is 4. The minimum absolute atomic E-state index is 0.491. The highest BCUT2D eigenvalue weighted by Crippen LogP contribution is 2.07. The first kappa shape index (κ1) is 13.6. The van der Waals surface area contributed by atoms with E-state index in [4.69, 9.17) is 15.4 Å². The summed E-state index contributed by atoms with van der Waals surface area (Å²) in [4.78, 5) is 0. The van der Waals surface area contributed by atoms with Crippen molar-refractivity contribution >= 4 is 20.0 Å². The lowest BCUT2D eigenvalue weighted by Crippen LogP contribution is -2.05. The summed E-state index contributed by atoms with van der Waals surface area (Å²) < 4.78 is 16.1. The molecule has 0 radical (unpaired) electrons. The molecular weight excluding hydrogens is 244 g/mol. The van der Waals surface area contributed by atoms with Crippen molar-refractivity contribution < 1.29 is 8.39 Å². The average Bonchev–Trinajstić information content (AvgIpc) is 2.76. The minimum atomic E-state index is -2.43. The van der Waals surface area contributed by atoms with E-state index in [1.807, 2.05) is 12.4 Å². The normalized spacial score (nSPS) is 14.8. The van der Waals surface area contributed by atoms with Crippen molar-refractivity contribution in [2.75, 3.05) is 12.9 Å². The Kier molecular flexibility index (Phi) is 5.94. The van der Waals surface area contributed by atoms with Crippen molar-refractivity contribution in [3.63, 3.8) is 0 Å². The molecular formula is C10H18N2O2S2. The van der Waals surface area contributed by atoms with E-state index < -0.39 is 8.77 Å². The Balaban J connectivity index is 2.01. The molecule has 0 aliphatic carbocycles. The van der Waals surface area contributed by atoms with Gasteiger partial charge >= 0.3 is 0 Å². The number of aromatic amines is 1. The number of nitrogens with zero attached hydrogens (tertiary/aromatic N) is 1. The number of H-pyrrole nitrogens is 1. The zero-order valence-corrected chi connectivity index (χ0v) is 11.1. The molecule has 0 aliphatic heterocycles. The number of aromatic nitrogens is 2. The molecule has 0 amide bonds. The van der Waals surface area contributed by atoms with Crippen LogP contribution in [0.25, 0.3) is 0 Å². The van der Waals surface area contributed by atoms with E-state index in [0.29, 0.717) is 5.75 Å². The van der Waals surface area contributed by atoms with Gasteiger partial charge in [-0.3, -0.25) is 9.28 Å². The van der Waals surface area contributed by atoms with Gasteiger partial charge in [-0.1, -0.05) is 12.8 Å². The molecule has 16 heavy (non-hydrogen) atoms. The molecule has 0 fully saturated rings. The molecule has 1 aromatic rings. The number of aryl methyl sites for hydroxylation is 1. The Hall–Kier alpha value is -0.460. The summed E-state index contributed by atoms with van der Waals surface area (Å²) >= 11 is 4.78. The van der Waals surface area contributed by atoms with E-state index in [1.54, 1.807) is 0 Å². The third-order valence-electron chi connectivity index (χ3n) is 2.42. The van der Waals surface area contributed by atoms with Crippen molar-refractivity contribution in [2.45, 2.75) is 32.1 Å². The van der Waals surface area contributed by atoms with E-state index >= 15 is 0 Å². The maximum Gasteiger partial charge on any atom is 0.143 e. The van der Waals surface area contributed by atoms with Crippen LogP contribution in [0, 0.1) is 0 Å². The van der Waals surface area contributed by atoms with Gasteiger partial charge in [-0.2, -0.15) is 5.10 Å². The van der Waals surface area contributed by atoms with Gasteiger partial charge in [0.25, 0.3) is 0 Å². The SMILES string of the molecule is COS(=O)(=S)CCCCCCc1cn[nH]c1. The average molecular weight is 262 g/mol. The monoisotopic (exact) mass is 262 g/mol. The van der Waals surface area contributed by atoms with Crippen LogP contribution in [0.15, 0.2) is 12.4 Å². The summed E-state index contributed by atoms with van der Waals surface area (Å²) in [5.41, 5.74) is 1.24.